The van der Waals surface area contributed by atoms with Crippen LogP contribution in [0.15, 0.2) is 0 Å². The summed E-state index contributed by atoms with van der Waals surface area (Å²) in [5, 5.41) is 9.63. The molecule has 1 rings (SSSR count). The molecule has 1 fully saturated rings. The lowest BCUT2D eigenvalue weighted by molar-refractivity contribution is 0.0920. The van der Waals surface area contributed by atoms with Gasteiger partial charge in [-0.05, 0) is 25.2 Å². The molecule has 15 heavy (non-hydrogen) atoms. The van der Waals surface area contributed by atoms with Crippen LogP contribution in [0.3, 0.4) is 0 Å². The third-order valence-corrected chi connectivity index (χ3v) is 3.17. The predicted molar refractivity (Wildman–Crippen MR) is 62.5 cm³/mol. The van der Waals surface area contributed by atoms with E-state index < -0.39 is 0 Å². The molecule has 0 radical (unpaired) electrons. The van der Waals surface area contributed by atoms with Gasteiger partial charge in [0.1, 0.15) is 0 Å². The van der Waals surface area contributed by atoms with Crippen molar-refractivity contribution in [2.45, 2.75) is 38.3 Å². The van der Waals surface area contributed by atoms with Crippen LogP contribution in [0.4, 0.5) is 0 Å². The molecule has 3 atom stereocenters. The van der Waals surface area contributed by atoms with Crippen molar-refractivity contribution in [3.05, 3.63) is 0 Å². The molecule has 0 aromatic heterocycles. The van der Waals surface area contributed by atoms with Crippen molar-refractivity contribution in [2.75, 3.05) is 26.2 Å². The smallest absolute Gasteiger partial charge is 0.0540 e. The molecule has 0 amide bonds. The first-order valence-corrected chi connectivity index (χ1v) is 6.01. The highest BCUT2D eigenvalue weighted by Crippen LogP contribution is 2.21. The minimum Gasteiger partial charge on any atom is -0.393 e. The van der Waals surface area contributed by atoms with E-state index in [9.17, 15) is 5.11 Å². The van der Waals surface area contributed by atoms with Gasteiger partial charge in [0, 0.05) is 32.2 Å². The Bertz CT molecular complexity index is 177. The van der Waals surface area contributed by atoms with E-state index >= 15 is 0 Å². The van der Waals surface area contributed by atoms with E-state index in [0.717, 1.165) is 38.9 Å². The van der Waals surface area contributed by atoms with Crippen molar-refractivity contribution < 1.29 is 5.11 Å². The van der Waals surface area contributed by atoms with Gasteiger partial charge in [-0.25, -0.2) is 0 Å². The Labute approximate surface area is 92.6 Å². The molecule has 4 heteroatoms. The van der Waals surface area contributed by atoms with Crippen LogP contribution in [0, 0.1) is 5.92 Å². The van der Waals surface area contributed by atoms with Gasteiger partial charge in [-0.1, -0.05) is 6.92 Å². The zero-order valence-electron chi connectivity index (χ0n) is 9.73. The van der Waals surface area contributed by atoms with Gasteiger partial charge in [0.15, 0.2) is 0 Å². The van der Waals surface area contributed by atoms with E-state index in [2.05, 4.69) is 4.90 Å². The summed E-state index contributed by atoms with van der Waals surface area (Å²) in [5.74, 6) is 0.537. The monoisotopic (exact) mass is 215 g/mol. The molecule has 0 aromatic rings. The molecule has 1 aliphatic rings. The van der Waals surface area contributed by atoms with Crippen LogP contribution in [-0.4, -0.2) is 48.3 Å². The van der Waals surface area contributed by atoms with Gasteiger partial charge in [0.2, 0.25) is 0 Å². The minimum atomic E-state index is -0.167. The number of hydrogen-bond donors (Lipinski definition) is 3. The second kappa shape index (κ2) is 6.43. The summed E-state index contributed by atoms with van der Waals surface area (Å²) in [6.07, 6.45) is 2.59. The van der Waals surface area contributed by atoms with E-state index in [1.807, 2.05) is 6.92 Å². The molecule has 0 aliphatic carbocycles. The number of likely N-dealkylation sites (tertiary alicyclic amines) is 1. The van der Waals surface area contributed by atoms with Gasteiger partial charge in [0.05, 0.1) is 6.10 Å². The van der Waals surface area contributed by atoms with Crippen molar-refractivity contribution in [1.82, 2.24) is 4.90 Å². The lowest BCUT2D eigenvalue weighted by Crippen LogP contribution is -2.48. The largest absolute Gasteiger partial charge is 0.393 e. The van der Waals surface area contributed by atoms with Gasteiger partial charge in [-0.3, -0.25) is 0 Å². The fourth-order valence-electron chi connectivity index (χ4n) is 2.44. The highest BCUT2D eigenvalue weighted by Gasteiger charge is 2.25. The molecular weight excluding hydrogens is 190 g/mol. The Hall–Kier alpha value is -0.160. The summed E-state index contributed by atoms with van der Waals surface area (Å²) in [6.45, 7) is 5.63. The predicted octanol–water partition coefficient (Wildman–Crippen LogP) is -0.245. The van der Waals surface area contributed by atoms with Gasteiger partial charge >= 0.3 is 0 Å². The summed E-state index contributed by atoms with van der Waals surface area (Å²) < 4.78 is 0. The number of nitrogens with two attached hydrogens (primary N) is 2. The standard InChI is InChI=1S/C11H25N3O/c1-2-11(15)6-9-5-10(13)8-14(7-9)4-3-12/h9-11,15H,2-8,12-13H2,1H3. The molecule has 0 spiro atoms. The SMILES string of the molecule is CCC(O)CC1CC(N)CN(CCN)C1. The second-order valence-corrected chi connectivity index (χ2v) is 4.71. The molecule has 90 valence electrons. The first-order valence-electron chi connectivity index (χ1n) is 6.01. The molecule has 0 bridgehead atoms. The van der Waals surface area contributed by atoms with Crippen LogP contribution in [0.2, 0.25) is 0 Å². The summed E-state index contributed by atoms with van der Waals surface area (Å²) >= 11 is 0. The van der Waals surface area contributed by atoms with Crippen molar-refractivity contribution in [1.29, 1.82) is 0 Å². The van der Waals surface area contributed by atoms with E-state index in [1.165, 1.54) is 0 Å². The number of hydrogen-bond acceptors (Lipinski definition) is 4. The van der Waals surface area contributed by atoms with Crippen molar-refractivity contribution in [2.24, 2.45) is 17.4 Å². The maximum absolute atomic E-state index is 9.63. The summed E-state index contributed by atoms with van der Waals surface area (Å²) in [5.41, 5.74) is 11.5. The van der Waals surface area contributed by atoms with Gasteiger partial charge in [0.25, 0.3) is 0 Å². The Morgan fingerprint density at radius 1 is 1.47 bits per heavy atom. The lowest BCUT2D eigenvalue weighted by atomic mass is 9.89. The third kappa shape index (κ3) is 4.47. The normalized spacial score (nSPS) is 30.4. The average Bonchev–Trinajstić information content (AvgIpc) is 2.17. The van der Waals surface area contributed by atoms with Crippen LogP contribution in [0.1, 0.15) is 26.2 Å². The summed E-state index contributed by atoms with van der Waals surface area (Å²) in [7, 11) is 0. The number of nitrogens with zero attached hydrogens (tertiary/aromatic N) is 1. The summed E-state index contributed by atoms with van der Waals surface area (Å²) in [6, 6.07) is 0.249. The molecule has 0 aromatic carbocycles. The number of piperidine rings is 1. The number of aliphatic hydroxyl groups excluding tert-OH is 1. The number of aliphatic hydroxyl groups is 1. The third-order valence-electron chi connectivity index (χ3n) is 3.17. The molecule has 1 heterocycles. The number of rotatable bonds is 5. The zero-order chi connectivity index (χ0) is 11.3. The molecule has 5 N–H and O–H groups in total. The van der Waals surface area contributed by atoms with Gasteiger partial charge in [-0.15, -0.1) is 0 Å². The first-order chi connectivity index (χ1) is 7.15. The highest BCUT2D eigenvalue weighted by atomic mass is 16.3. The molecule has 0 saturated carbocycles. The molecule has 1 saturated heterocycles. The fourth-order valence-corrected chi connectivity index (χ4v) is 2.44. The topological polar surface area (TPSA) is 75.5 Å². The van der Waals surface area contributed by atoms with Gasteiger partial charge < -0.3 is 21.5 Å². The highest BCUT2D eigenvalue weighted by molar-refractivity contribution is 4.82. The van der Waals surface area contributed by atoms with Crippen LogP contribution in [0.5, 0.6) is 0 Å². The maximum atomic E-state index is 9.63. The molecule has 1 aliphatic heterocycles. The molecule has 4 nitrogen and oxygen atoms in total. The van der Waals surface area contributed by atoms with E-state index in [0.29, 0.717) is 12.5 Å². The van der Waals surface area contributed by atoms with Crippen LogP contribution < -0.4 is 11.5 Å². The Morgan fingerprint density at radius 3 is 2.80 bits per heavy atom. The van der Waals surface area contributed by atoms with Crippen LogP contribution in [-0.2, 0) is 0 Å². The Balaban J connectivity index is 2.37. The summed E-state index contributed by atoms with van der Waals surface area (Å²) in [4.78, 5) is 2.32. The average molecular weight is 215 g/mol. The quantitative estimate of drug-likeness (QED) is 0.591. The Kier molecular flexibility index (Phi) is 5.53. The van der Waals surface area contributed by atoms with Crippen molar-refractivity contribution in [3.8, 4) is 0 Å². The lowest BCUT2D eigenvalue weighted by Gasteiger charge is -2.36. The van der Waals surface area contributed by atoms with Crippen molar-refractivity contribution >= 4 is 0 Å². The first kappa shape index (κ1) is 12.9. The maximum Gasteiger partial charge on any atom is 0.0540 e. The second-order valence-electron chi connectivity index (χ2n) is 4.71. The van der Waals surface area contributed by atoms with Crippen LogP contribution >= 0.6 is 0 Å². The van der Waals surface area contributed by atoms with Crippen LogP contribution in [0.25, 0.3) is 0 Å². The molecular formula is C11H25N3O. The van der Waals surface area contributed by atoms with E-state index in [4.69, 9.17) is 11.5 Å². The minimum absolute atomic E-state index is 0.167. The van der Waals surface area contributed by atoms with Gasteiger partial charge in [-0.2, -0.15) is 0 Å². The van der Waals surface area contributed by atoms with E-state index in [-0.39, 0.29) is 12.1 Å². The van der Waals surface area contributed by atoms with Crippen molar-refractivity contribution in [3.63, 3.8) is 0 Å². The zero-order valence-corrected chi connectivity index (χ0v) is 9.73. The fraction of sp³-hybridized carbons (Fsp3) is 1.00. The Morgan fingerprint density at radius 2 is 2.20 bits per heavy atom. The molecule has 3 unspecified atom stereocenters. The van der Waals surface area contributed by atoms with E-state index in [1.54, 1.807) is 0 Å².